The Morgan fingerprint density at radius 1 is 1.24 bits per heavy atom. The van der Waals surface area contributed by atoms with Gasteiger partial charge in [0.15, 0.2) is 0 Å². The fourth-order valence-corrected chi connectivity index (χ4v) is 2.51. The third kappa shape index (κ3) is 2.60. The Bertz CT molecular complexity index is 782. The summed E-state index contributed by atoms with van der Waals surface area (Å²) < 4.78 is 7.69. The van der Waals surface area contributed by atoms with E-state index in [9.17, 15) is 0 Å². The van der Waals surface area contributed by atoms with Crippen LogP contribution in [0.4, 0.5) is 0 Å². The second-order valence-corrected chi connectivity index (χ2v) is 5.20. The van der Waals surface area contributed by atoms with Crippen LogP contribution in [-0.4, -0.2) is 9.55 Å². The van der Waals surface area contributed by atoms with Crippen LogP contribution < -0.4 is 10.5 Å². The van der Waals surface area contributed by atoms with Crippen LogP contribution in [0, 0.1) is 0 Å². The smallest absolute Gasteiger partial charge is 0.147 e. The standard InChI is InChI=1S/C16H16ClN3O/c1-20-15(17)9-19-16(20)10-21-14-7-6-11-4-2-3-5-12(11)13(14)8-18/h2-7,9H,8,10,18H2,1H3. The van der Waals surface area contributed by atoms with Crippen molar-refractivity contribution in [3.05, 3.63) is 59.1 Å². The Morgan fingerprint density at radius 3 is 2.76 bits per heavy atom. The molecule has 1 aromatic heterocycles. The molecule has 0 radical (unpaired) electrons. The maximum atomic E-state index is 5.97. The van der Waals surface area contributed by atoms with E-state index < -0.39 is 0 Å². The van der Waals surface area contributed by atoms with Crippen molar-refractivity contribution in [1.82, 2.24) is 9.55 Å². The SMILES string of the molecule is Cn1c(Cl)cnc1COc1ccc2ccccc2c1CN. The van der Waals surface area contributed by atoms with E-state index in [0.29, 0.717) is 18.3 Å². The van der Waals surface area contributed by atoms with Crippen molar-refractivity contribution < 1.29 is 4.74 Å². The zero-order valence-corrected chi connectivity index (χ0v) is 12.5. The molecule has 0 amide bonds. The zero-order chi connectivity index (χ0) is 14.8. The minimum Gasteiger partial charge on any atom is -0.485 e. The van der Waals surface area contributed by atoms with Gasteiger partial charge in [-0.05, 0) is 16.8 Å². The lowest BCUT2D eigenvalue weighted by Crippen LogP contribution is -2.07. The summed E-state index contributed by atoms with van der Waals surface area (Å²) in [4.78, 5) is 4.22. The molecule has 21 heavy (non-hydrogen) atoms. The van der Waals surface area contributed by atoms with Gasteiger partial charge in [-0.3, -0.25) is 0 Å². The molecule has 0 spiro atoms. The lowest BCUT2D eigenvalue weighted by molar-refractivity contribution is 0.289. The van der Waals surface area contributed by atoms with Gasteiger partial charge in [0.1, 0.15) is 23.3 Å². The number of imidazole rings is 1. The van der Waals surface area contributed by atoms with Gasteiger partial charge >= 0.3 is 0 Å². The number of hydrogen-bond donors (Lipinski definition) is 1. The number of benzene rings is 2. The highest BCUT2D eigenvalue weighted by molar-refractivity contribution is 6.29. The number of nitrogens with two attached hydrogens (primary N) is 1. The summed E-state index contributed by atoms with van der Waals surface area (Å²) in [5.74, 6) is 1.56. The summed E-state index contributed by atoms with van der Waals surface area (Å²) in [6, 6.07) is 12.1. The number of nitrogens with zero attached hydrogens (tertiary/aromatic N) is 2. The molecule has 0 bridgehead atoms. The van der Waals surface area contributed by atoms with Gasteiger partial charge in [0.2, 0.25) is 0 Å². The minimum atomic E-state index is 0.356. The molecule has 4 nitrogen and oxygen atoms in total. The van der Waals surface area contributed by atoms with Crippen LogP contribution in [0.3, 0.4) is 0 Å². The third-order valence-corrected chi connectivity index (χ3v) is 3.94. The monoisotopic (exact) mass is 301 g/mol. The van der Waals surface area contributed by atoms with E-state index in [1.165, 1.54) is 0 Å². The first-order valence-corrected chi connectivity index (χ1v) is 7.08. The molecule has 2 aromatic carbocycles. The van der Waals surface area contributed by atoms with Crippen molar-refractivity contribution in [3.8, 4) is 5.75 Å². The van der Waals surface area contributed by atoms with Gasteiger partial charge in [-0.25, -0.2) is 4.98 Å². The summed E-state index contributed by atoms with van der Waals surface area (Å²) in [6.07, 6.45) is 1.62. The molecule has 0 saturated heterocycles. The molecular formula is C16H16ClN3O. The predicted octanol–water partition coefficient (Wildman–Crippen LogP) is 3.26. The third-order valence-electron chi connectivity index (χ3n) is 3.59. The van der Waals surface area contributed by atoms with Crippen LogP contribution in [-0.2, 0) is 20.2 Å². The van der Waals surface area contributed by atoms with Crippen LogP contribution in [0.1, 0.15) is 11.4 Å². The zero-order valence-electron chi connectivity index (χ0n) is 11.7. The molecule has 0 aliphatic rings. The predicted molar refractivity (Wildman–Crippen MR) is 84.4 cm³/mol. The summed E-state index contributed by atoms with van der Waals surface area (Å²) in [5, 5.41) is 2.87. The lowest BCUT2D eigenvalue weighted by Gasteiger charge is -2.13. The fraction of sp³-hybridized carbons (Fsp3) is 0.188. The Labute approximate surface area is 128 Å². The molecule has 5 heteroatoms. The van der Waals surface area contributed by atoms with Crippen molar-refractivity contribution in [2.75, 3.05) is 0 Å². The highest BCUT2D eigenvalue weighted by Gasteiger charge is 2.10. The molecule has 108 valence electrons. The molecule has 0 fully saturated rings. The van der Waals surface area contributed by atoms with Gasteiger partial charge in [-0.1, -0.05) is 41.9 Å². The molecule has 2 N–H and O–H groups in total. The van der Waals surface area contributed by atoms with E-state index in [-0.39, 0.29) is 0 Å². The fourth-order valence-electron chi connectivity index (χ4n) is 2.36. The average molecular weight is 302 g/mol. The Kier molecular flexibility index (Phi) is 3.82. The number of fused-ring (bicyclic) bond motifs is 1. The van der Waals surface area contributed by atoms with E-state index in [0.717, 1.165) is 27.9 Å². The lowest BCUT2D eigenvalue weighted by atomic mass is 10.0. The number of hydrogen-bond acceptors (Lipinski definition) is 3. The number of ether oxygens (including phenoxy) is 1. The summed E-state index contributed by atoms with van der Waals surface area (Å²) in [6.45, 7) is 0.784. The largest absolute Gasteiger partial charge is 0.485 e. The highest BCUT2D eigenvalue weighted by atomic mass is 35.5. The van der Waals surface area contributed by atoms with Crippen molar-refractivity contribution >= 4 is 22.4 Å². The molecule has 1 heterocycles. The number of rotatable bonds is 4. The molecule has 0 aliphatic heterocycles. The molecular weight excluding hydrogens is 286 g/mol. The van der Waals surface area contributed by atoms with Gasteiger partial charge in [-0.2, -0.15) is 0 Å². The molecule has 3 rings (SSSR count). The molecule has 0 unspecified atom stereocenters. The van der Waals surface area contributed by atoms with E-state index in [1.807, 2.05) is 31.3 Å². The van der Waals surface area contributed by atoms with Gasteiger partial charge < -0.3 is 15.0 Å². The normalized spacial score (nSPS) is 11.0. The second kappa shape index (κ2) is 5.76. The number of halogens is 1. The minimum absolute atomic E-state index is 0.356. The van der Waals surface area contributed by atoms with Crippen LogP contribution in [0.15, 0.2) is 42.6 Å². The summed E-state index contributed by atoms with van der Waals surface area (Å²) in [5.41, 5.74) is 6.91. The first-order valence-electron chi connectivity index (χ1n) is 6.70. The van der Waals surface area contributed by atoms with Crippen molar-refractivity contribution in [2.24, 2.45) is 12.8 Å². The van der Waals surface area contributed by atoms with Gasteiger partial charge in [0.25, 0.3) is 0 Å². The second-order valence-electron chi connectivity index (χ2n) is 4.81. The van der Waals surface area contributed by atoms with Crippen LogP contribution in [0.2, 0.25) is 5.15 Å². The van der Waals surface area contributed by atoms with Crippen molar-refractivity contribution in [2.45, 2.75) is 13.2 Å². The summed E-state index contributed by atoms with van der Waals surface area (Å²) in [7, 11) is 1.86. The quantitative estimate of drug-likeness (QED) is 0.804. The topological polar surface area (TPSA) is 53.1 Å². The van der Waals surface area contributed by atoms with E-state index >= 15 is 0 Å². The molecule has 0 aliphatic carbocycles. The molecule has 0 atom stereocenters. The first kappa shape index (κ1) is 13.9. The maximum Gasteiger partial charge on any atom is 0.147 e. The summed E-state index contributed by atoms with van der Waals surface area (Å²) >= 11 is 5.97. The Morgan fingerprint density at radius 2 is 2.05 bits per heavy atom. The van der Waals surface area contributed by atoms with Crippen molar-refractivity contribution in [3.63, 3.8) is 0 Å². The molecule has 0 saturated carbocycles. The van der Waals surface area contributed by atoms with Gasteiger partial charge in [0.05, 0.1) is 6.20 Å². The Hall–Kier alpha value is -2.04. The van der Waals surface area contributed by atoms with E-state index in [2.05, 4.69) is 17.1 Å². The highest BCUT2D eigenvalue weighted by Crippen LogP contribution is 2.28. The van der Waals surface area contributed by atoms with Gasteiger partial charge in [-0.15, -0.1) is 0 Å². The van der Waals surface area contributed by atoms with E-state index in [4.69, 9.17) is 22.1 Å². The van der Waals surface area contributed by atoms with Crippen LogP contribution >= 0.6 is 11.6 Å². The van der Waals surface area contributed by atoms with E-state index in [1.54, 1.807) is 10.8 Å². The van der Waals surface area contributed by atoms with Gasteiger partial charge in [0, 0.05) is 19.2 Å². The van der Waals surface area contributed by atoms with Crippen molar-refractivity contribution in [1.29, 1.82) is 0 Å². The van der Waals surface area contributed by atoms with Crippen LogP contribution in [0.5, 0.6) is 5.75 Å². The first-order chi connectivity index (χ1) is 10.2. The molecule has 3 aromatic rings. The average Bonchev–Trinajstić information content (AvgIpc) is 2.84. The van der Waals surface area contributed by atoms with Crippen LogP contribution in [0.25, 0.3) is 10.8 Å². The Balaban J connectivity index is 1.92. The number of aromatic nitrogens is 2. The maximum absolute atomic E-state index is 5.97.